The van der Waals surface area contributed by atoms with Crippen LogP contribution in [0.2, 0.25) is 0 Å². The number of para-hydroxylation sites is 1. The smallest absolute Gasteiger partial charge is 0.270 e. The number of hydrogen-bond donors (Lipinski definition) is 0. The molecule has 0 atom stereocenters. The number of methoxy groups -OCH3 is 1. The number of piperazine rings is 1. The number of carbonyl (C=O) groups is 1. The van der Waals surface area contributed by atoms with E-state index in [0.29, 0.717) is 71.1 Å². The third-order valence-corrected chi connectivity index (χ3v) is 9.38. The second-order valence-corrected chi connectivity index (χ2v) is 12.4. The van der Waals surface area contributed by atoms with Crippen LogP contribution in [0.15, 0.2) is 58.2 Å². The minimum atomic E-state index is -0.339. The van der Waals surface area contributed by atoms with Crippen LogP contribution in [-0.4, -0.2) is 53.0 Å². The van der Waals surface area contributed by atoms with E-state index in [1.165, 1.54) is 17.8 Å². The molecule has 2 saturated heterocycles. The van der Waals surface area contributed by atoms with Crippen molar-refractivity contribution in [2.75, 3.05) is 43.1 Å². The first kappa shape index (κ1) is 31.3. The Hall–Kier alpha value is -4.14. The summed E-state index contributed by atoms with van der Waals surface area (Å²) < 4.78 is 21.9. The second-order valence-electron chi connectivity index (χ2n) is 10.7. The molecule has 11 heteroatoms. The van der Waals surface area contributed by atoms with E-state index in [9.17, 15) is 19.2 Å². The number of amides is 1. The van der Waals surface area contributed by atoms with Crippen molar-refractivity contribution in [1.29, 1.82) is 5.26 Å². The summed E-state index contributed by atoms with van der Waals surface area (Å²) >= 11 is 6.83. The van der Waals surface area contributed by atoms with E-state index < -0.39 is 0 Å². The van der Waals surface area contributed by atoms with E-state index in [1.54, 1.807) is 41.7 Å². The van der Waals surface area contributed by atoms with Crippen molar-refractivity contribution < 1.29 is 13.9 Å². The van der Waals surface area contributed by atoms with Gasteiger partial charge >= 0.3 is 0 Å². The number of thiocarbonyl (C=S) groups is 1. The number of benzene rings is 2. The van der Waals surface area contributed by atoms with E-state index in [1.807, 2.05) is 42.2 Å². The highest BCUT2D eigenvalue weighted by atomic mass is 32.2. The molecule has 0 spiro atoms. The predicted octanol–water partition coefficient (Wildman–Crippen LogP) is 5.70. The van der Waals surface area contributed by atoms with Gasteiger partial charge in [0.15, 0.2) is 0 Å². The van der Waals surface area contributed by atoms with E-state index >= 15 is 0 Å². The van der Waals surface area contributed by atoms with Gasteiger partial charge in [0.25, 0.3) is 11.5 Å². The van der Waals surface area contributed by atoms with Gasteiger partial charge in [-0.3, -0.25) is 19.1 Å². The summed E-state index contributed by atoms with van der Waals surface area (Å²) in [4.78, 5) is 33.5. The van der Waals surface area contributed by atoms with E-state index in [-0.39, 0.29) is 22.8 Å². The van der Waals surface area contributed by atoms with Crippen LogP contribution in [0.3, 0.4) is 0 Å². The number of ether oxygens (including phenoxy) is 1. The van der Waals surface area contributed by atoms with Crippen molar-refractivity contribution in [3.63, 3.8) is 0 Å². The van der Waals surface area contributed by atoms with Crippen molar-refractivity contribution >= 4 is 51.8 Å². The average molecular weight is 632 g/mol. The van der Waals surface area contributed by atoms with Crippen LogP contribution in [0.1, 0.15) is 42.0 Å². The first-order chi connectivity index (χ1) is 21.3. The standard InChI is InChI=1S/C33H34FN5O3S2/c1-4-5-14-38-30(37-17-15-36(16-18-37)28-9-7-6-8-27(28)34)25(22(2)26(20-35)31(38)40)19-29-32(41)39(33(43)44-29)21-23-10-12-24(42-3)13-11-23/h6-13,19H,4-5,14-18,21H2,1-3H3/b29-19-. The average Bonchev–Trinajstić information content (AvgIpc) is 3.30. The number of halogens is 1. The molecular formula is C33H34FN5O3S2. The lowest BCUT2D eigenvalue weighted by atomic mass is 10.0. The number of thioether (sulfide) groups is 1. The molecule has 5 rings (SSSR count). The first-order valence-corrected chi connectivity index (χ1v) is 15.8. The molecule has 3 aromatic rings. The number of carbonyl (C=O) groups excluding carboxylic acids is 1. The molecule has 44 heavy (non-hydrogen) atoms. The largest absolute Gasteiger partial charge is 0.497 e. The van der Waals surface area contributed by atoms with Gasteiger partial charge in [-0.2, -0.15) is 5.26 Å². The van der Waals surface area contributed by atoms with Crippen molar-refractivity contribution in [2.24, 2.45) is 0 Å². The van der Waals surface area contributed by atoms with Crippen LogP contribution in [0.25, 0.3) is 6.08 Å². The minimum Gasteiger partial charge on any atom is -0.497 e. The molecule has 0 N–H and O–H groups in total. The normalized spacial score (nSPS) is 16.2. The lowest BCUT2D eigenvalue weighted by Gasteiger charge is -2.39. The van der Waals surface area contributed by atoms with Gasteiger partial charge in [-0.1, -0.05) is 61.6 Å². The molecule has 3 heterocycles. The van der Waals surface area contributed by atoms with Crippen LogP contribution in [0.4, 0.5) is 15.9 Å². The highest BCUT2D eigenvalue weighted by Crippen LogP contribution is 2.37. The van der Waals surface area contributed by atoms with Crippen LogP contribution in [0, 0.1) is 24.1 Å². The summed E-state index contributed by atoms with van der Waals surface area (Å²) in [5.74, 6) is 0.902. The number of aromatic nitrogens is 1. The van der Waals surface area contributed by atoms with Gasteiger partial charge in [0.1, 0.15) is 33.3 Å². The maximum atomic E-state index is 14.6. The molecule has 1 aromatic heterocycles. The number of pyridine rings is 1. The molecule has 2 aliphatic heterocycles. The molecule has 2 aliphatic rings. The van der Waals surface area contributed by atoms with Gasteiger partial charge < -0.3 is 14.5 Å². The molecule has 2 fully saturated rings. The second kappa shape index (κ2) is 13.7. The number of hydrogen-bond acceptors (Lipinski definition) is 8. The minimum absolute atomic E-state index is 0.0646. The van der Waals surface area contributed by atoms with Crippen LogP contribution in [-0.2, 0) is 17.9 Å². The fraction of sp³-hybridized carbons (Fsp3) is 0.333. The van der Waals surface area contributed by atoms with Crippen molar-refractivity contribution in [1.82, 2.24) is 9.47 Å². The van der Waals surface area contributed by atoms with Crippen LogP contribution < -0.4 is 20.1 Å². The van der Waals surface area contributed by atoms with Crippen molar-refractivity contribution in [3.05, 3.63) is 91.9 Å². The molecule has 8 nitrogen and oxygen atoms in total. The van der Waals surface area contributed by atoms with E-state index in [2.05, 4.69) is 11.0 Å². The number of nitrogens with zero attached hydrogens (tertiary/aromatic N) is 5. The zero-order chi connectivity index (χ0) is 31.4. The zero-order valence-corrected chi connectivity index (χ0v) is 26.6. The fourth-order valence-corrected chi connectivity index (χ4v) is 6.79. The summed E-state index contributed by atoms with van der Waals surface area (Å²) in [7, 11) is 1.60. The quantitative estimate of drug-likeness (QED) is 0.220. The topological polar surface area (TPSA) is 81.8 Å². The zero-order valence-electron chi connectivity index (χ0n) is 25.0. The number of nitriles is 1. The lowest BCUT2D eigenvalue weighted by molar-refractivity contribution is -0.122. The Kier molecular flexibility index (Phi) is 9.71. The molecule has 0 bridgehead atoms. The maximum absolute atomic E-state index is 14.6. The fourth-order valence-electron chi connectivity index (χ4n) is 5.56. The highest BCUT2D eigenvalue weighted by Gasteiger charge is 2.34. The number of unbranched alkanes of at least 4 members (excludes halogenated alkanes) is 1. The third kappa shape index (κ3) is 6.23. The Balaban J connectivity index is 1.53. The highest BCUT2D eigenvalue weighted by molar-refractivity contribution is 8.26. The van der Waals surface area contributed by atoms with Gasteiger partial charge in [0.05, 0.1) is 24.2 Å². The van der Waals surface area contributed by atoms with Gasteiger partial charge in [-0.15, -0.1) is 0 Å². The van der Waals surface area contributed by atoms with E-state index in [4.69, 9.17) is 17.0 Å². The Morgan fingerprint density at radius 2 is 1.75 bits per heavy atom. The first-order valence-electron chi connectivity index (χ1n) is 14.6. The third-order valence-electron chi connectivity index (χ3n) is 8.00. The van der Waals surface area contributed by atoms with Crippen LogP contribution in [0.5, 0.6) is 5.75 Å². The SMILES string of the molecule is CCCCn1c(N2CCN(c3ccccc3F)CC2)c(/C=C2\SC(=S)N(Cc3ccc(OC)cc3)C2=O)c(C)c(C#N)c1=O. The summed E-state index contributed by atoms with van der Waals surface area (Å²) in [5, 5.41) is 10.0. The molecule has 0 saturated carbocycles. The number of anilines is 2. The molecule has 1 amide bonds. The Bertz CT molecular complexity index is 1710. The Morgan fingerprint density at radius 1 is 1.07 bits per heavy atom. The van der Waals surface area contributed by atoms with Crippen molar-refractivity contribution in [2.45, 2.75) is 39.8 Å². The molecule has 0 aliphatic carbocycles. The van der Waals surface area contributed by atoms with Gasteiger partial charge in [0, 0.05) is 38.3 Å². The Labute approximate surface area is 266 Å². The van der Waals surface area contributed by atoms with Crippen molar-refractivity contribution in [3.8, 4) is 11.8 Å². The van der Waals surface area contributed by atoms with Gasteiger partial charge in [-0.05, 0) is 54.8 Å². The summed E-state index contributed by atoms with van der Waals surface area (Å²) in [6, 6.07) is 16.3. The molecular weight excluding hydrogens is 598 g/mol. The van der Waals surface area contributed by atoms with E-state index in [0.717, 1.165) is 24.2 Å². The predicted molar refractivity (Wildman–Crippen MR) is 178 cm³/mol. The monoisotopic (exact) mass is 631 g/mol. The molecule has 228 valence electrons. The molecule has 2 aromatic carbocycles. The molecule has 0 radical (unpaired) electrons. The van der Waals surface area contributed by atoms with Gasteiger partial charge in [0.2, 0.25) is 0 Å². The lowest BCUT2D eigenvalue weighted by Crippen LogP contribution is -2.49. The maximum Gasteiger partial charge on any atom is 0.270 e. The summed E-state index contributed by atoms with van der Waals surface area (Å²) in [5.41, 5.74) is 2.36. The number of rotatable bonds is 9. The summed E-state index contributed by atoms with van der Waals surface area (Å²) in [6.07, 6.45) is 3.39. The Morgan fingerprint density at radius 3 is 2.39 bits per heavy atom. The summed E-state index contributed by atoms with van der Waals surface area (Å²) in [6.45, 7) is 6.72. The molecule has 0 unspecified atom stereocenters. The van der Waals surface area contributed by atoms with Gasteiger partial charge in [-0.25, -0.2) is 4.39 Å². The van der Waals surface area contributed by atoms with Crippen LogP contribution >= 0.6 is 24.0 Å².